The lowest BCUT2D eigenvalue weighted by Gasteiger charge is -2.29. The van der Waals surface area contributed by atoms with Gasteiger partial charge in [-0.15, -0.1) is 0 Å². The minimum Gasteiger partial charge on any atom is -0.554 e. The minimum atomic E-state index is -0.980. The molecule has 0 saturated carbocycles. The van der Waals surface area contributed by atoms with Gasteiger partial charge in [-0.25, -0.2) is 23.9 Å². The number of carbonyl (C=O) groups is 3. The van der Waals surface area contributed by atoms with Gasteiger partial charge in [0.2, 0.25) is 0 Å². The molecular formula is C24H30ClN7O6. The van der Waals surface area contributed by atoms with E-state index in [1.807, 2.05) is 29.4 Å². The van der Waals surface area contributed by atoms with E-state index >= 15 is 0 Å². The second kappa shape index (κ2) is 12.5. The van der Waals surface area contributed by atoms with Crippen LogP contribution in [0.25, 0.3) is 11.0 Å². The van der Waals surface area contributed by atoms with Gasteiger partial charge >= 0.3 is 5.97 Å². The number of carbonyl (C=O) groups excluding carboxylic acids is 2. The van der Waals surface area contributed by atoms with Crippen LogP contribution in [0.1, 0.15) is 46.9 Å². The normalized spacial score (nSPS) is 13.2. The van der Waals surface area contributed by atoms with Crippen LogP contribution in [0.5, 0.6) is 0 Å². The number of aromatic nitrogens is 4. The first-order chi connectivity index (χ1) is 18.2. The number of imidazole rings is 1. The van der Waals surface area contributed by atoms with Gasteiger partial charge in [-0.3, -0.25) is 4.79 Å². The first-order valence-electron chi connectivity index (χ1n) is 12.0. The molecule has 0 unspecified atom stereocenters. The van der Waals surface area contributed by atoms with Crippen molar-refractivity contribution in [1.29, 1.82) is 0 Å². The van der Waals surface area contributed by atoms with Crippen LogP contribution in [0, 0.1) is 0 Å². The molecule has 0 aliphatic carbocycles. The number of anilines is 3. The molecule has 0 spiro atoms. The molecule has 3 aromatic rings. The third-order valence-electron chi connectivity index (χ3n) is 6.26. The highest BCUT2D eigenvalue weighted by Gasteiger charge is 2.29. The molecular weight excluding hydrogens is 518 g/mol. The van der Waals surface area contributed by atoms with Gasteiger partial charge in [-0.2, -0.15) is 0 Å². The van der Waals surface area contributed by atoms with E-state index in [1.165, 1.54) is 0 Å². The molecule has 4 rings (SSSR count). The number of carboxylic acid groups (broad SMARTS) is 2. The Hall–Kier alpha value is -3.97. The summed E-state index contributed by atoms with van der Waals surface area (Å²) in [4.78, 5) is 43.3. The standard InChI is InChI=1S/C23H28ClN7O4.CH2O2/c1-3-30-15-11-13(23(33)34)14(29-7-9-35-10-8-29)12-16(15)31(4-2)18(30)6-5-17(32)19-21(25)28-22(26)20(24)27-19;2-1-3/h11-12H,3-10H2,1-2H3,(H4-,25,26,28,32,33,34);1H,(H,2,3). The second-order valence-electron chi connectivity index (χ2n) is 8.32. The van der Waals surface area contributed by atoms with Crippen LogP contribution in [0.4, 0.5) is 17.3 Å². The van der Waals surface area contributed by atoms with Crippen molar-refractivity contribution in [1.82, 2.24) is 14.5 Å². The molecule has 5 N–H and O–H groups in total. The largest absolute Gasteiger partial charge is 0.554 e. The number of aromatic carboxylic acids is 1. The first kappa shape index (κ1) is 28.6. The Labute approximate surface area is 223 Å². The van der Waals surface area contributed by atoms with Crippen LogP contribution >= 0.6 is 11.6 Å². The number of rotatable bonds is 8. The molecule has 14 heteroatoms. The number of morpholine rings is 1. The molecule has 2 aromatic heterocycles. The van der Waals surface area contributed by atoms with Gasteiger partial charge in [-0.1, -0.05) is 11.6 Å². The van der Waals surface area contributed by atoms with Crippen molar-refractivity contribution >= 4 is 58.2 Å². The molecule has 13 nitrogen and oxygen atoms in total. The van der Waals surface area contributed by atoms with Gasteiger partial charge in [0.05, 0.1) is 44.0 Å². The Morgan fingerprint density at radius 3 is 2.45 bits per heavy atom. The number of nitrogens with two attached hydrogens (primary N) is 2. The predicted molar refractivity (Wildman–Crippen MR) is 138 cm³/mol. The van der Waals surface area contributed by atoms with E-state index in [0.29, 0.717) is 51.5 Å². The van der Waals surface area contributed by atoms with Crippen LogP contribution in [0.3, 0.4) is 0 Å². The number of nitrogens with zero attached hydrogens (tertiary/aromatic N) is 5. The maximum atomic E-state index is 12.9. The second-order valence-corrected chi connectivity index (χ2v) is 8.68. The number of Topliss-reactive ketones (excluding diaryl/α,β-unsaturated/α-hetero) is 1. The molecule has 0 bridgehead atoms. The third-order valence-corrected chi connectivity index (χ3v) is 6.54. The topological polar surface area (TPSA) is 194 Å². The van der Waals surface area contributed by atoms with Crippen molar-refractivity contribution in [3.63, 3.8) is 0 Å². The van der Waals surface area contributed by atoms with Gasteiger partial charge in [-0.05, 0) is 13.8 Å². The lowest BCUT2D eigenvalue weighted by Crippen LogP contribution is -2.39. The van der Waals surface area contributed by atoms with E-state index < -0.39 is 12.4 Å². The molecule has 38 heavy (non-hydrogen) atoms. The maximum Gasteiger partial charge on any atom is 0.337 e. The summed E-state index contributed by atoms with van der Waals surface area (Å²) < 4.78 is 9.61. The third kappa shape index (κ3) is 5.78. The number of aryl methyl sites for hydroxylation is 2. The van der Waals surface area contributed by atoms with Gasteiger partial charge in [0.1, 0.15) is 5.69 Å². The van der Waals surface area contributed by atoms with E-state index in [0.717, 1.165) is 16.9 Å². The van der Waals surface area contributed by atoms with Crippen molar-refractivity contribution in [3.8, 4) is 0 Å². The highest BCUT2D eigenvalue weighted by atomic mass is 35.5. The molecule has 3 heterocycles. The molecule has 1 aliphatic heterocycles. The Bertz CT molecular complexity index is 1350. The van der Waals surface area contributed by atoms with Crippen LogP contribution in [-0.4, -0.2) is 64.2 Å². The Morgan fingerprint density at radius 2 is 1.87 bits per heavy atom. The van der Waals surface area contributed by atoms with E-state index in [1.54, 1.807) is 6.07 Å². The van der Waals surface area contributed by atoms with Crippen molar-refractivity contribution in [2.45, 2.75) is 39.8 Å². The summed E-state index contributed by atoms with van der Waals surface area (Å²) in [6.07, 6.45) is 0.519. The van der Waals surface area contributed by atoms with Crippen LogP contribution in [0.2, 0.25) is 5.15 Å². The van der Waals surface area contributed by atoms with Crippen LogP contribution in [-0.2, 0) is 29.0 Å². The first-order valence-corrected chi connectivity index (χ1v) is 12.4. The number of ketones is 1. The quantitative estimate of drug-likeness (QED) is 0.199. The number of hydrogen-bond donors (Lipinski definition) is 3. The molecule has 0 amide bonds. The average molecular weight is 548 g/mol. The van der Waals surface area contributed by atoms with E-state index in [2.05, 4.69) is 14.5 Å². The molecule has 1 saturated heterocycles. The lowest BCUT2D eigenvalue weighted by molar-refractivity contribution is -0.676. The fourth-order valence-electron chi connectivity index (χ4n) is 4.63. The summed E-state index contributed by atoms with van der Waals surface area (Å²) in [6, 6.07) is 3.67. The summed E-state index contributed by atoms with van der Waals surface area (Å²) in [6.45, 7) is 7.12. The summed E-state index contributed by atoms with van der Waals surface area (Å²) >= 11 is 5.94. The smallest absolute Gasteiger partial charge is 0.337 e. The summed E-state index contributed by atoms with van der Waals surface area (Å²) in [5.74, 6) is -0.459. The number of halogens is 1. The zero-order valence-electron chi connectivity index (χ0n) is 21.1. The van der Waals surface area contributed by atoms with Crippen molar-refractivity contribution in [2.75, 3.05) is 42.7 Å². The van der Waals surface area contributed by atoms with E-state index in [4.69, 9.17) is 37.7 Å². The number of benzene rings is 1. The predicted octanol–water partition coefficient (Wildman–Crippen LogP) is 0.293. The van der Waals surface area contributed by atoms with Gasteiger partial charge in [0.15, 0.2) is 33.6 Å². The number of ether oxygens (including phenoxy) is 1. The molecule has 0 radical (unpaired) electrons. The SMILES string of the molecule is CCn1c(CCC(=O)c2nc(Cl)c(N)nc2N)[n+](CC)c2cc(N3CCOCC3)c(C(=O)O)cc21.O=C[O-]. The maximum absolute atomic E-state index is 12.9. The molecule has 1 fully saturated rings. The zero-order valence-corrected chi connectivity index (χ0v) is 21.9. The molecule has 1 aliphatic rings. The molecule has 0 atom stereocenters. The fourth-order valence-corrected chi connectivity index (χ4v) is 4.75. The minimum absolute atomic E-state index is 0.00539. The Kier molecular flexibility index (Phi) is 9.42. The van der Waals surface area contributed by atoms with Crippen LogP contribution in [0.15, 0.2) is 12.1 Å². The number of nitrogen functional groups attached to an aromatic ring is 2. The number of fused-ring (bicyclic) bond motifs is 1. The average Bonchev–Trinajstić information content (AvgIpc) is 3.20. The summed E-state index contributed by atoms with van der Waals surface area (Å²) in [7, 11) is 0. The Morgan fingerprint density at radius 1 is 1.21 bits per heavy atom. The zero-order chi connectivity index (χ0) is 28.0. The number of hydrogen-bond acceptors (Lipinski definition) is 10. The lowest BCUT2D eigenvalue weighted by atomic mass is 10.1. The Balaban J connectivity index is 0.00000127. The summed E-state index contributed by atoms with van der Waals surface area (Å²) in [5, 5.41) is 18.1. The molecule has 1 aromatic carbocycles. The van der Waals surface area contributed by atoms with Crippen molar-refractivity contribution in [2.24, 2.45) is 0 Å². The van der Waals surface area contributed by atoms with Gasteiger partial charge < -0.3 is 36.1 Å². The van der Waals surface area contributed by atoms with Crippen LogP contribution < -0.4 is 26.0 Å². The fraction of sp³-hybridized carbons (Fsp3) is 0.417. The van der Waals surface area contributed by atoms with Crippen molar-refractivity contribution in [3.05, 3.63) is 34.4 Å². The van der Waals surface area contributed by atoms with Gasteiger partial charge in [0.25, 0.3) is 5.82 Å². The highest BCUT2D eigenvalue weighted by molar-refractivity contribution is 6.31. The van der Waals surface area contributed by atoms with E-state index in [9.17, 15) is 14.7 Å². The number of carboxylic acids is 1. The monoisotopic (exact) mass is 547 g/mol. The van der Waals surface area contributed by atoms with Crippen molar-refractivity contribution < 1.29 is 33.9 Å². The van der Waals surface area contributed by atoms with Gasteiger partial charge in [0, 0.05) is 38.1 Å². The van der Waals surface area contributed by atoms with E-state index in [-0.39, 0.29) is 40.3 Å². The summed E-state index contributed by atoms with van der Waals surface area (Å²) in [5.41, 5.74) is 14.1. The highest BCUT2D eigenvalue weighted by Crippen LogP contribution is 2.29. The molecule has 204 valence electrons.